The van der Waals surface area contributed by atoms with Gasteiger partial charge in [0.15, 0.2) is 5.82 Å². The van der Waals surface area contributed by atoms with Crippen molar-refractivity contribution in [3.05, 3.63) is 21.1 Å². The van der Waals surface area contributed by atoms with Crippen LogP contribution >= 0.6 is 11.3 Å². The Morgan fingerprint density at radius 3 is 2.77 bits per heavy atom. The van der Waals surface area contributed by atoms with Crippen molar-refractivity contribution in [3.8, 4) is 0 Å². The predicted octanol–water partition coefficient (Wildman–Crippen LogP) is 1.35. The van der Waals surface area contributed by atoms with Crippen molar-refractivity contribution in [3.63, 3.8) is 0 Å². The predicted molar refractivity (Wildman–Crippen MR) is 46.8 cm³/mol. The molecule has 2 rings (SSSR count). The van der Waals surface area contributed by atoms with E-state index in [0.717, 1.165) is 11.3 Å². The van der Waals surface area contributed by atoms with E-state index in [1.54, 1.807) is 0 Å². The van der Waals surface area contributed by atoms with Crippen molar-refractivity contribution in [2.45, 2.75) is 11.5 Å². The second-order valence-electron chi connectivity index (χ2n) is 2.68. The summed E-state index contributed by atoms with van der Waals surface area (Å²) in [4.78, 5) is 10.9. The molecule has 0 radical (unpaired) electrons. The van der Waals surface area contributed by atoms with E-state index in [1.165, 1.54) is 0 Å². The largest absolute Gasteiger partial charge is 0.477 e. The average Bonchev–Trinajstić information content (AvgIpc) is 2.51. The van der Waals surface area contributed by atoms with Crippen LogP contribution in [-0.2, 0) is 22.3 Å². The number of hydrogen-bond acceptors (Lipinski definition) is 3. The van der Waals surface area contributed by atoms with Gasteiger partial charge < -0.3 is 5.11 Å². The highest BCUT2D eigenvalue weighted by Gasteiger charge is 2.28. The van der Waals surface area contributed by atoms with Crippen molar-refractivity contribution in [1.82, 2.24) is 0 Å². The molecule has 6 heteroatoms. The molecule has 0 amide bonds. The fraction of sp³-hybridized carbons (Fsp3) is 0.286. The molecule has 0 aliphatic carbocycles. The highest BCUT2D eigenvalue weighted by molar-refractivity contribution is 7.84. The van der Waals surface area contributed by atoms with Crippen LogP contribution in [0.25, 0.3) is 0 Å². The van der Waals surface area contributed by atoms with Gasteiger partial charge in [0.2, 0.25) is 0 Å². The van der Waals surface area contributed by atoms with E-state index in [-0.39, 0.29) is 10.6 Å². The number of carboxylic acid groups (broad SMARTS) is 1. The first-order chi connectivity index (χ1) is 6.09. The van der Waals surface area contributed by atoms with Gasteiger partial charge >= 0.3 is 5.97 Å². The van der Waals surface area contributed by atoms with Crippen molar-refractivity contribution >= 4 is 28.1 Å². The number of halogens is 1. The van der Waals surface area contributed by atoms with Gasteiger partial charge in [0.1, 0.15) is 4.88 Å². The Bertz CT molecular complexity index is 410. The van der Waals surface area contributed by atoms with Gasteiger partial charge in [0.25, 0.3) is 0 Å². The number of rotatable bonds is 1. The smallest absolute Gasteiger partial charge is 0.348 e. The Labute approximate surface area is 79.7 Å². The van der Waals surface area contributed by atoms with Gasteiger partial charge in [-0.3, -0.25) is 4.21 Å². The Kier molecular flexibility index (Phi) is 1.96. The Hall–Kier alpha value is -0.750. The van der Waals surface area contributed by atoms with E-state index in [2.05, 4.69) is 0 Å². The minimum absolute atomic E-state index is 0.158. The lowest BCUT2D eigenvalue weighted by atomic mass is 10.2. The normalized spacial score (nSPS) is 20.2. The SMILES string of the molecule is O=C(O)c1sc2c(c1F)CS(=O)C2. The van der Waals surface area contributed by atoms with Gasteiger partial charge in [0.05, 0.1) is 11.5 Å². The molecular formula is C7H5FO3S2. The third-order valence-corrected chi connectivity index (χ3v) is 4.42. The quantitative estimate of drug-likeness (QED) is 0.777. The summed E-state index contributed by atoms with van der Waals surface area (Å²) < 4.78 is 24.3. The second kappa shape index (κ2) is 2.88. The number of fused-ring (bicyclic) bond motifs is 1. The molecule has 0 saturated heterocycles. The number of carbonyl (C=O) groups is 1. The van der Waals surface area contributed by atoms with Crippen molar-refractivity contribution < 1.29 is 18.5 Å². The van der Waals surface area contributed by atoms with Crippen LogP contribution in [-0.4, -0.2) is 15.3 Å². The molecule has 70 valence electrons. The maximum Gasteiger partial charge on any atom is 0.348 e. The first-order valence-corrected chi connectivity index (χ1v) is 5.78. The molecule has 1 atom stereocenters. The summed E-state index contributed by atoms with van der Waals surface area (Å²) in [5.74, 6) is -1.49. The molecule has 1 aliphatic heterocycles. The van der Waals surface area contributed by atoms with E-state index in [1.807, 2.05) is 0 Å². The lowest BCUT2D eigenvalue weighted by Crippen LogP contribution is -1.97. The van der Waals surface area contributed by atoms with Crippen LogP contribution in [0.15, 0.2) is 0 Å². The average molecular weight is 220 g/mol. The number of thiophene rings is 1. The van der Waals surface area contributed by atoms with Gasteiger partial charge in [-0.15, -0.1) is 11.3 Å². The van der Waals surface area contributed by atoms with E-state index in [4.69, 9.17) is 5.11 Å². The van der Waals surface area contributed by atoms with Crippen molar-refractivity contribution in [1.29, 1.82) is 0 Å². The summed E-state index contributed by atoms with van der Waals surface area (Å²) >= 11 is 0.893. The second-order valence-corrected chi connectivity index (χ2v) is 5.24. The maximum atomic E-state index is 13.3. The first-order valence-electron chi connectivity index (χ1n) is 3.48. The molecule has 1 aliphatic rings. The van der Waals surface area contributed by atoms with Crippen molar-refractivity contribution in [2.24, 2.45) is 0 Å². The van der Waals surface area contributed by atoms with E-state index < -0.39 is 22.6 Å². The molecule has 0 spiro atoms. The molecule has 0 fully saturated rings. The zero-order chi connectivity index (χ0) is 9.59. The highest BCUT2D eigenvalue weighted by Crippen LogP contribution is 2.34. The van der Waals surface area contributed by atoms with E-state index in [0.29, 0.717) is 16.2 Å². The van der Waals surface area contributed by atoms with Gasteiger partial charge in [-0.05, 0) is 0 Å². The number of hydrogen-bond donors (Lipinski definition) is 1. The maximum absolute atomic E-state index is 13.3. The molecule has 0 bridgehead atoms. The molecule has 1 aromatic heterocycles. The third-order valence-electron chi connectivity index (χ3n) is 1.82. The summed E-state index contributed by atoms with van der Waals surface area (Å²) in [6, 6.07) is 0. The molecule has 1 aromatic rings. The third kappa shape index (κ3) is 1.30. The van der Waals surface area contributed by atoms with Crippen LogP contribution < -0.4 is 0 Å². The highest BCUT2D eigenvalue weighted by atomic mass is 32.2. The first kappa shape index (κ1) is 8.83. The summed E-state index contributed by atoms with van der Waals surface area (Å²) in [5, 5.41) is 8.58. The Morgan fingerprint density at radius 2 is 2.23 bits per heavy atom. The zero-order valence-corrected chi connectivity index (χ0v) is 8.01. The van der Waals surface area contributed by atoms with Crippen LogP contribution in [0.3, 0.4) is 0 Å². The van der Waals surface area contributed by atoms with Gasteiger partial charge in [0, 0.05) is 21.2 Å². The van der Waals surface area contributed by atoms with Gasteiger partial charge in [-0.2, -0.15) is 0 Å². The van der Waals surface area contributed by atoms with Crippen molar-refractivity contribution in [2.75, 3.05) is 0 Å². The molecule has 0 saturated carbocycles. The Morgan fingerprint density at radius 1 is 1.54 bits per heavy atom. The summed E-state index contributed by atoms with van der Waals surface area (Å²) in [5.41, 5.74) is 0.334. The Balaban J connectivity index is 2.53. The van der Waals surface area contributed by atoms with Gasteiger partial charge in [-0.25, -0.2) is 9.18 Å². The lowest BCUT2D eigenvalue weighted by Gasteiger charge is -1.90. The molecule has 2 heterocycles. The standard InChI is InChI=1S/C7H5FO3S2/c8-5-3-1-13(11)2-4(3)12-6(5)7(9)10/h1-2H2,(H,9,10). The molecule has 1 N–H and O–H groups in total. The topological polar surface area (TPSA) is 54.4 Å². The molecule has 13 heavy (non-hydrogen) atoms. The van der Waals surface area contributed by atoms with Crippen LogP contribution in [0.1, 0.15) is 20.1 Å². The van der Waals surface area contributed by atoms with Crippen LogP contribution in [0.4, 0.5) is 4.39 Å². The fourth-order valence-electron chi connectivity index (χ4n) is 1.25. The van der Waals surface area contributed by atoms with Gasteiger partial charge in [-0.1, -0.05) is 0 Å². The molecule has 0 aromatic carbocycles. The van der Waals surface area contributed by atoms with E-state index in [9.17, 15) is 13.4 Å². The zero-order valence-electron chi connectivity index (χ0n) is 6.37. The summed E-state index contributed by atoms with van der Waals surface area (Å²) in [7, 11) is -1.04. The summed E-state index contributed by atoms with van der Waals surface area (Å²) in [6.07, 6.45) is 0. The monoisotopic (exact) mass is 220 g/mol. The molecular weight excluding hydrogens is 215 g/mol. The van der Waals surface area contributed by atoms with Crippen LogP contribution in [0.5, 0.6) is 0 Å². The summed E-state index contributed by atoms with van der Waals surface area (Å²) in [6.45, 7) is 0. The van der Waals surface area contributed by atoms with Crippen LogP contribution in [0.2, 0.25) is 0 Å². The van der Waals surface area contributed by atoms with E-state index >= 15 is 0 Å². The lowest BCUT2D eigenvalue weighted by molar-refractivity contribution is 0.0697. The number of aromatic carboxylic acids is 1. The fourth-order valence-corrected chi connectivity index (χ4v) is 3.99. The minimum atomic E-state index is -1.25. The molecule has 3 nitrogen and oxygen atoms in total. The molecule has 1 unspecified atom stereocenters. The number of carboxylic acids is 1. The van der Waals surface area contributed by atoms with Crippen LogP contribution in [0, 0.1) is 5.82 Å². The minimum Gasteiger partial charge on any atom is -0.477 e.